The summed E-state index contributed by atoms with van der Waals surface area (Å²) in [4.78, 5) is 12.8. The molecule has 60 valence electrons. The van der Waals surface area contributed by atoms with Gasteiger partial charge in [-0.3, -0.25) is 0 Å². The average Bonchev–Trinajstić information content (AvgIpc) is 2.67. The Balaban J connectivity index is 0.000000167. The van der Waals surface area contributed by atoms with Crippen LogP contribution >= 0.6 is 0 Å². The molecule has 2 aromatic rings. The van der Waals surface area contributed by atoms with Crippen LogP contribution in [0.1, 0.15) is 7.43 Å². The fraction of sp³-hybridized carbons (Fsp3) is 0.143. The summed E-state index contributed by atoms with van der Waals surface area (Å²) >= 11 is 0. The lowest BCUT2D eigenvalue weighted by atomic mass is 11.0. The molecule has 4 heteroatoms. The van der Waals surface area contributed by atoms with Gasteiger partial charge in [-0.05, 0) is 0 Å². The number of hydrogen-bond acceptors (Lipinski definition) is 2. The van der Waals surface area contributed by atoms with Crippen LogP contribution in [0.15, 0.2) is 37.4 Å². The lowest BCUT2D eigenvalue weighted by Gasteiger charge is -1.46. The number of nitrogens with one attached hydrogen (secondary N) is 2. The van der Waals surface area contributed by atoms with Gasteiger partial charge >= 0.3 is 0 Å². The van der Waals surface area contributed by atoms with Crippen molar-refractivity contribution in [2.75, 3.05) is 0 Å². The normalized spacial score (nSPS) is 7.27. The van der Waals surface area contributed by atoms with E-state index < -0.39 is 0 Å². The van der Waals surface area contributed by atoms with E-state index in [1.165, 1.54) is 0 Å². The number of aromatic nitrogens is 4. The molecular formula is C7H12N4. The van der Waals surface area contributed by atoms with Crippen molar-refractivity contribution in [2.45, 2.75) is 7.43 Å². The van der Waals surface area contributed by atoms with Crippen LogP contribution < -0.4 is 0 Å². The maximum atomic E-state index is 3.67. The van der Waals surface area contributed by atoms with Gasteiger partial charge in [0.2, 0.25) is 0 Å². The quantitative estimate of drug-likeness (QED) is 0.600. The van der Waals surface area contributed by atoms with Crippen molar-refractivity contribution in [1.29, 1.82) is 0 Å². The van der Waals surface area contributed by atoms with Gasteiger partial charge in [0.15, 0.2) is 0 Å². The fourth-order valence-electron chi connectivity index (χ4n) is 0.430. The van der Waals surface area contributed by atoms with E-state index in [0.29, 0.717) is 0 Å². The van der Waals surface area contributed by atoms with E-state index >= 15 is 0 Å². The summed E-state index contributed by atoms with van der Waals surface area (Å²) in [6, 6.07) is 0. The minimum atomic E-state index is 0. The minimum Gasteiger partial charge on any atom is -0.351 e. The third kappa shape index (κ3) is 4.90. The highest BCUT2D eigenvalue weighted by atomic mass is 14.8. The van der Waals surface area contributed by atoms with Crippen LogP contribution in [-0.2, 0) is 0 Å². The molecule has 0 spiro atoms. The number of imidazole rings is 2. The third-order valence-corrected chi connectivity index (χ3v) is 0.812. The Kier molecular flexibility index (Phi) is 5.60. The molecule has 0 aromatic carbocycles. The number of rotatable bonds is 0. The van der Waals surface area contributed by atoms with Gasteiger partial charge in [0.1, 0.15) is 0 Å². The van der Waals surface area contributed by atoms with Crippen LogP contribution in [0.4, 0.5) is 0 Å². The Morgan fingerprint density at radius 3 is 1.36 bits per heavy atom. The van der Waals surface area contributed by atoms with Gasteiger partial charge < -0.3 is 9.97 Å². The SMILES string of the molecule is C.c1c[nH]cn1.c1c[nH]cn1. The zero-order chi connectivity index (χ0) is 7.07. The molecule has 0 atom stereocenters. The number of nitrogens with zero attached hydrogens (tertiary/aromatic N) is 2. The largest absolute Gasteiger partial charge is 0.351 e. The predicted octanol–water partition coefficient (Wildman–Crippen LogP) is 1.46. The van der Waals surface area contributed by atoms with Crippen LogP contribution in [0, 0.1) is 0 Å². The van der Waals surface area contributed by atoms with Crippen molar-refractivity contribution in [2.24, 2.45) is 0 Å². The molecule has 0 radical (unpaired) electrons. The molecule has 0 aliphatic rings. The van der Waals surface area contributed by atoms with Crippen molar-refractivity contribution in [1.82, 2.24) is 19.9 Å². The lowest BCUT2D eigenvalue weighted by molar-refractivity contribution is 1.31. The van der Waals surface area contributed by atoms with Gasteiger partial charge in [-0.1, -0.05) is 7.43 Å². The second kappa shape index (κ2) is 6.54. The summed E-state index contributed by atoms with van der Waals surface area (Å²) in [5.74, 6) is 0. The second-order valence-corrected chi connectivity index (χ2v) is 1.52. The van der Waals surface area contributed by atoms with E-state index in [2.05, 4.69) is 19.9 Å². The molecule has 2 rings (SSSR count). The Labute approximate surface area is 65.7 Å². The Morgan fingerprint density at radius 1 is 0.818 bits per heavy atom. The van der Waals surface area contributed by atoms with Crippen molar-refractivity contribution >= 4 is 0 Å². The summed E-state index contributed by atoms with van der Waals surface area (Å²) in [7, 11) is 0. The fourth-order valence-corrected chi connectivity index (χ4v) is 0.430. The second-order valence-electron chi connectivity index (χ2n) is 1.52. The van der Waals surface area contributed by atoms with Crippen molar-refractivity contribution in [3.05, 3.63) is 37.4 Å². The van der Waals surface area contributed by atoms with Crippen molar-refractivity contribution < 1.29 is 0 Å². The van der Waals surface area contributed by atoms with E-state index in [0.717, 1.165) is 0 Å². The Morgan fingerprint density at radius 2 is 1.27 bits per heavy atom. The molecule has 4 nitrogen and oxygen atoms in total. The first-order valence-corrected chi connectivity index (χ1v) is 2.85. The summed E-state index contributed by atoms with van der Waals surface area (Å²) in [6.07, 6.45) is 10.2. The Bertz CT molecular complexity index is 150. The summed E-state index contributed by atoms with van der Waals surface area (Å²) in [5, 5.41) is 0. The van der Waals surface area contributed by atoms with Gasteiger partial charge in [-0.15, -0.1) is 0 Å². The maximum Gasteiger partial charge on any atom is 0.0919 e. The highest BCUT2D eigenvalue weighted by molar-refractivity contribution is 4.65. The van der Waals surface area contributed by atoms with Gasteiger partial charge in [-0.2, -0.15) is 0 Å². The highest BCUT2D eigenvalue weighted by Gasteiger charge is 1.56. The third-order valence-electron chi connectivity index (χ3n) is 0.812. The molecule has 0 saturated heterocycles. The van der Waals surface area contributed by atoms with Gasteiger partial charge in [0.05, 0.1) is 12.7 Å². The number of H-pyrrole nitrogens is 2. The monoisotopic (exact) mass is 152 g/mol. The molecular weight excluding hydrogens is 140 g/mol. The van der Waals surface area contributed by atoms with Crippen LogP contribution in [0.25, 0.3) is 0 Å². The zero-order valence-electron chi connectivity index (χ0n) is 5.36. The molecule has 2 heterocycles. The van der Waals surface area contributed by atoms with E-state index in [-0.39, 0.29) is 7.43 Å². The zero-order valence-corrected chi connectivity index (χ0v) is 5.36. The molecule has 0 bridgehead atoms. The smallest absolute Gasteiger partial charge is 0.0919 e. The standard InChI is InChI=1S/2C3H4N2.CH4/c2*1-2-5-3-4-1;/h2*1-3H,(H,4,5);1H4. The first-order chi connectivity index (χ1) is 5.00. The van der Waals surface area contributed by atoms with Crippen LogP contribution in [-0.4, -0.2) is 19.9 Å². The topological polar surface area (TPSA) is 57.4 Å². The van der Waals surface area contributed by atoms with Crippen molar-refractivity contribution in [3.8, 4) is 0 Å². The molecule has 0 fully saturated rings. The van der Waals surface area contributed by atoms with Crippen LogP contribution in [0.2, 0.25) is 0 Å². The first-order valence-electron chi connectivity index (χ1n) is 2.85. The number of aromatic amines is 2. The summed E-state index contributed by atoms with van der Waals surface area (Å²) < 4.78 is 0. The number of hydrogen-bond donors (Lipinski definition) is 2. The summed E-state index contributed by atoms with van der Waals surface area (Å²) in [6.45, 7) is 0. The van der Waals surface area contributed by atoms with Crippen molar-refractivity contribution in [3.63, 3.8) is 0 Å². The van der Waals surface area contributed by atoms with E-state index in [1.54, 1.807) is 37.4 Å². The molecule has 11 heavy (non-hydrogen) atoms. The van der Waals surface area contributed by atoms with E-state index in [9.17, 15) is 0 Å². The molecule has 0 aliphatic carbocycles. The molecule has 0 amide bonds. The minimum absolute atomic E-state index is 0. The average molecular weight is 152 g/mol. The predicted molar refractivity (Wildman–Crippen MR) is 43.9 cm³/mol. The molecule has 2 aromatic heterocycles. The molecule has 2 N–H and O–H groups in total. The summed E-state index contributed by atoms with van der Waals surface area (Å²) in [5.41, 5.74) is 0. The first kappa shape index (κ1) is 9.42. The van der Waals surface area contributed by atoms with Crippen LogP contribution in [0.3, 0.4) is 0 Å². The lowest BCUT2D eigenvalue weighted by Crippen LogP contribution is -1.44. The Hall–Kier alpha value is -1.58. The van der Waals surface area contributed by atoms with E-state index in [4.69, 9.17) is 0 Å². The maximum absolute atomic E-state index is 3.67. The van der Waals surface area contributed by atoms with E-state index in [1.807, 2.05) is 0 Å². The highest BCUT2D eigenvalue weighted by Crippen LogP contribution is 1.63. The molecule has 0 saturated carbocycles. The van der Waals surface area contributed by atoms with Crippen LogP contribution in [0.5, 0.6) is 0 Å². The molecule has 0 aliphatic heterocycles. The van der Waals surface area contributed by atoms with Gasteiger partial charge in [0, 0.05) is 24.8 Å². The molecule has 0 unspecified atom stereocenters. The van der Waals surface area contributed by atoms with Gasteiger partial charge in [0.25, 0.3) is 0 Å². The van der Waals surface area contributed by atoms with Gasteiger partial charge in [-0.25, -0.2) is 9.97 Å².